The van der Waals surface area contributed by atoms with Gasteiger partial charge in [-0.05, 0) is 12.3 Å². The fourth-order valence-corrected chi connectivity index (χ4v) is 3.52. The number of β-lactam (4-membered cyclic amide) rings is 1. The highest BCUT2D eigenvalue weighted by Crippen LogP contribution is 2.47. The number of hydrogen-bond acceptors (Lipinski definition) is 5. The Kier molecular flexibility index (Phi) is 4.38. The maximum absolute atomic E-state index is 12.0. The Labute approximate surface area is 125 Å². The van der Waals surface area contributed by atoms with Gasteiger partial charge in [0.05, 0.1) is 18.1 Å². The summed E-state index contributed by atoms with van der Waals surface area (Å²) in [5.41, 5.74) is -0.0477. The van der Waals surface area contributed by atoms with Crippen molar-refractivity contribution in [3.8, 4) is 0 Å². The number of aliphatic hydroxyl groups is 1. The summed E-state index contributed by atoms with van der Waals surface area (Å²) in [5, 5.41) is 22.8. The summed E-state index contributed by atoms with van der Waals surface area (Å²) in [7, 11) is 1.49. The maximum atomic E-state index is 12.0. The van der Waals surface area contributed by atoms with Crippen LogP contribution in [-0.2, 0) is 14.4 Å². The van der Waals surface area contributed by atoms with Gasteiger partial charge in [-0.3, -0.25) is 9.59 Å². The minimum atomic E-state index is -1.18. The number of hydrogen-bond donors (Lipinski definition) is 3. The van der Waals surface area contributed by atoms with E-state index in [-0.39, 0.29) is 23.6 Å². The van der Waals surface area contributed by atoms with E-state index in [0.29, 0.717) is 11.3 Å². The first kappa shape index (κ1) is 15.6. The van der Waals surface area contributed by atoms with Crippen molar-refractivity contribution in [1.29, 1.82) is 0 Å². The van der Waals surface area contributed by atoms with Crippen LogP contribution in [0.3, 0.4) is 0 Å². The standard InChI is InChI=1S/C13H16N2O5S/c1-6(16)10-7-5-8(21-4-3-9(17)14-2)11(13(19)20)15(7)12(10)18/h3-4,6-7,10,16H,5H2,1-2H3,(H,14,17)(H,19,20). The molecule has 1 fully saturated rings. The van der Waals surface area contributed by atoms with Crippen molar-refractivity contribution in [2.45, 2.75) is 25.5 Å². The van der Waals surface area contributed by atoms with Gasteiger partial charge in [0, 0.05) is 24.4 Å². The molecule has 2 aliphatic rings. The van der Waals surface area contributed by atoms with Crippen LogP contribution in [-0.4, -0.2) is 52.1 Å². The molecule has 114 valence electrons. The summed E-state index contributed by atoms with van der Waals surface area (Å²) < 4.78 is 0. The molecule has 2 amide bonds. The van der Waals surface area contributed by atoms with E-state index in [0.717, 1.165) is 11.8 Å². The van der Waals surface area contributed by atoms with E-state index in [2.05, 4.69) is 5.32 Å². The van der Waals surface area contributed by atoms with Crippen molar-refractivity contribution in [3.05, 3.63) is 22.1 Å². The lowest BCUT2D eigenvalue weighted by molar-refractivity contribution is -0.161. The topological polar surface area (TPSA) is 107 Å². The highest BCUT2D eigenvalue weighted by Gasteiger charge is 2.56. The van der Waals surface area contributed by atoms with Gasteiger partial charge in [0.2, 0.25) is 11.8 Å². The van der Waals surface area contributed by atoms with Gasteiger partial charge < -0.3 is 20.4 Å². The lowest BCUT2D eigenvalue weighted by atomic mass is 9.83. The van der Waals surface area contributed by atoms with Crippen LogP contribution in [0.15, 0.2) is 22.1 Å². The Morgan fingerprint density at radius 1 is 1.52 bits per heavy atom. The molecule has 8 heteroatoms. The first-order chi connectivity index (χ1) is 9.88. The van der Waals surface area contributed by atoms with Crippen LogP contribution in [0.1, 0.15) is 13.3 Å². The number of thioether (sulfide) groups is 1. The number of carbonyl (C=O) groups excluding carboxylic acids is 2. The number of aliphatic hydroxyl groups excluding tert-OH is 1. The number of aliphatic carboxylic acids is 1. The molecule has 21 heavy (non-hydrogen) atoms. The van der Waals surface area contributed by atoms with Gasteiger partial charge in [0.25, 0.3) is 0 Å². The minimum absolute atomic E-state index is 0.0477. The van der Waals surface area contributed by atoms with Crippen molar-refractivity contribution >= 4 is 29.5 Å². The third kappa shape index (κ3) is 2.68. The van der Waals surface area contributed by atoms with Gasteiger partial charge in [0.15, 0.2) is 0 Å². The molecule has 1 saturated heterocycles. The van der Waals surface area contributed by atoms with Crippen molar-refractivity contribution in [3.63, 3.8) is 0 Å². The molecule has 0 bridgehead atoms. The second-order valence-corrected chi connectivity index (χ2v) is 5.86. The molecule has 0 aliphatic carbocycles. The van der Waals surface area contributed by atoms with Crippen molar-refractivity contribution < 1.29 is 24.6 Å². The summed E-state index contributed by atoms with van der Waals surface area (Å²) in [4.78, 5) is 36.1. The summed E-state index contributed by atoms with van der Waals surface area (Å²) in [6, 6.07) is -0.306. The highest BCUT2D eigenvalue weighted by atomic mass is 32.2. The molecule has 0 aromatic heterocycles. The number of nitrogens with zero attached hydrogens (tertiary/aromatic N) is 1. The number of carboxylic acids is 1. The predicted octanol–water partition coefficient (Wildman–Crippen LogP) is -0.113. The highest BCUT2D eigenvalue weighted by molar-refractivity contribution is 8.05. The number of amides is 2. The van der Waals surface area contributed by atoms with Crippen molar-refractivity contribution in [1.82, 2.24) is 10.2 Å². The molecule has 0 aromatic carbocycles. The largest absolute Gasteiger partial charge is 0.477 e. The number of carbonyl (C=O) groups is 3. The van der Waals surface area contributed by atoms with Gasteiger partial charge in [0.1, 0.15) is 5.70 Å². The lowest BCUT2D eigenvalue weighted by Crippen LogP contribution is -2.61. The lowest BCUT2D eigenvalue weighted by Gasteiger charge is -2.44. The normalized spacial score (nSPS) is 25.9. The smallest absolute Gasteiger partial charge is 0.353 e. The fraction of sp³-hybridized carbons (Fsp3) is 0.462. The SMILES string of the molecule is CNC(=O)C=CSC1=C(C(=O)O)N2C(=O)C(C(C)O)C2C1. The molecule has 0 spiro atoms. The first-order valence-corrected chi connectivity index (χ1v) is 7.29. The molecule has 3 unspecified atom stereocenters. The average molecular weight is 312 g/mol. The maximum Gasteiger partial charge on any atom is 0.353 e. The van der Waals surface area contributed by atoms with Gasteiger partial charge in [-0.15, -0.1) is 0 Å². The molecule has 2 heterocycles. The molecular weight excluding hydrogens is 296 g/mol. The van der Waals surface area contributed by atoms with E-state index in [1.807, 2.05) is 0 Å². The van der Waals surface area contributed by atoms with E-state index in [9.17, 15) is 24.6 Å². The summed E-state index contributed by atoms with van der Waals surface area (Å²) >= 11 is 1.11. The molecule has 0 saturated carbocycles. The molecule has 2 rings (SSSR count). The summed E-state index contributed by atoms with van der Waals surface area (Å²) in [5.74, 6) is -2.39. The number of carboxylic acid groups (broad SMARTS) is 1. The number of rotatable bonds is 5. The van der Waals surface area contributed by atoms with Crippen LogP contribution in [0, 0.1) is 5.92 Å². The zero-order chi connectivity index (χ0) is 15.7. The Morgan fingerprint density at radius 3 is 2.71 bits per heavy atom. The second-order valence-electron chi connectivity index (χ2n) is 4.86. The quantitative estimate of drug-likeness (QED) is 0.483. The predicted molar refractivity (Wildman–Crippen MR) is 75.9 cm³/mol. The van der Waals surface area contributed by atoms with Crippen LogP contribution in [0.2, 0.25) is 0 Å². The van der Waals surface area contributed by atoms with E-state index in [4.69, 9.17) is 0 Å². The second kappa shape index (κ2) is 5.90. The van der Waals surface area contributed by atoms with E-state index in [1.54, 1.807) is 0 Å². The van der Waals surface area contributed by atoms with Crippen LogP contribution >= 0.6 is 11.8 Å². The molecule has 0 aromatic rings. The molecule has 2 aliphatic heterocycles. The number of nitrogens with one attached hydrogen (secondary N) is 1. The van der Waals surface area contributed by atoms with Crippen LogP contribution in [0.25, 0.3) is 0 Å². The first-order valence-electron chi connectivity index (χ1n) is 6.41. The third-order valence-corrected chi connectivity index (χ3v) is 4.48. The third-order valence-electron chi connectivity index (χ3n) is 3.57. The minimum Gasteiger partial charge on any atom is -0.477 e. The molecule has 0 radical (unpaired) electrons. The Balaban J connectivity index is 2.17. The average Bonchev–Trinajstić information content (AvgIpc) is 2.72. The van der Waals surface area contributed by atoms with Crippen LogP contribution in [0.4, 0.5) is 0 Å². The zero-order valence-electron chi connectivity index (χ0n) is 11.6. The summed E-state index contributed by atoms with van der Waals surface area (Å²) in [6.07, 6.45) is 0.867. The van der Waals surface area contributed by atoms with Gasteiger partial charge in [-0.2, -0.15) is 0 Å². The Morgan fingerprint density at radius 2 is 2.19 bits per heavy atom. The number of likely N-dealkylation sites (N-methyl/N-ethyl adjacent to an activating group) is 1. The monoisotopic (exact) mass is 312 g/mol. The van der Waals surface area contributed by atoms with Crippen LogP contribution < -0.4 is 5.32 Å². The van der Waals surface area contributed by atoms with Crippen molar-refractivity contribution in [2.75, 3.05) is 7.05 Å². The zero-order valence-corrected chi connectivity index (χ0v) is 12.4. The Bertz CT molecular complexity index is 555. The molecule has 7 nitrogen and oxygen atoms in total. The molecule has 3 N–H and O–H groups in total. The van der Waals surface area contributed by atoms with E-state index < -0.39 is 18.0 Å². The van der Waals surface area contributed by atoms with Gasteiger partial charge in [-0.25, -0.2) is 4.79 Å². The van der Waals surface area contributed by atoms with Crippen LogP contribution in [0.5, 0.6) is 0 Å². The van der Waals surface area contributed by atoms with E-state index >= 15 is 0 Å². The fourth-order valence-electron chi connectivity index (χ4n) is 2.60. The van der Waals surface area contributed by atoms with E-state index in [1.165, 1.54) is 30.4 Å². The molecule has 3 atom stereocenters. The van der Waals surface area contributed by atoms with Gasteiger partial charge >= 0.3 is 5.97 Å². The summed E-state index contributed by atoms with van der Waals surface area (Å²) in [6.45, 7) is 1.52. The van der Waals surface area contributed by atoms with Gasteiger partial charge in [-0.1, -0.05) is 11.8 Å². The number of fused-ring (bicyclic) bond motifs is 1. The van der Waals surface area contributed by atoms with Crippen molar-refractivity contribution in [2.24, 2.45) is 5.92 Å². The Hall–Kier alpha value is -1.80. The molecular formula is C13H16N2O5S.